The highest BCUT2D eigenvalue weighted by Crippen LogP contribution is 2.09. The molecule has 0 atom stereocenters. The van der Waals surface area contributed by atoms with Crippen LogP contribution in [0.1, 0.15) is 19.3 Å². The number of rotatable bonds is 0. The summed E-state index contributed by atoms with van der Waals surface area (Å²) in [6.07, 6.45) is 4.06. The number of aliphatic imine (C=N–C) groups is 1. The maximum Gasteiger partial charge on any atom is 0.194 e. The van der Waals surface area contributed by atoms with Crippen molar-refractivity contribution in [2.75, 3.05) is 26.2 Å². The lowest BCUT2D eigenvalue weighted by Gasteiger charge is -2.28. The van der Waals surface area contributed by atoms with Gasteiger partial charge in [-0.2, -0.15) is 0 Å². The third-order valence-corrected chi connectivity index (χ3v) is 2.31. The van der Waals surface area contributed by atoms with Crippen molar-refractivity contribution in [3.05, 3.63) is 0 Å². The van der Waals surface area contributed by atoms with E-state index in [9.17, 15) is 0 Å². The summed E-state index contributed by atoms with van der Waals surface area (Å²) in [4.78, 5) is 6.76. The molecule has 0 aromatic heterocycles. The Morgan fingerprint density at radius 1 is 1.17 bits per heavy atom. The van der Waals surface area contributed by atoms with Crippen LogP contribution in [0.4, 0.5) is 0 Å². The number of piperidine rings is 1. The number of likely N-dealkylation sites (tertiary alicyclic amines) is 1. The Hall–Kier alpha value is -0.440. The molecule has 0 bridgehead atoms. The second-order valence-electron chi connectivity index (χ2n) is 3.18. The van der Waals surface area contributed by atoms with Gasteiger partial charge in [-0.05, 0) is 19.3 Å². The van der Waals surface area contributed by atoms with Crippen molar-refractivity contribution in [1.29, 1.82) is 0 Å². The molecular formula is C8H16ClN3. The topological polar surface area (TPSA) is 27.6 Å². The molecule has 0 amide bonds. The van der Waals surface area contributed by atoms with Crippen molar-refractivity contribution in [2.24, 2.45) is 4.99 Å². The SMILES string of the molecule is C1CCN(C2=NCCN2)CC1.Cl. The maximum absolute atomic E-state index is 4.39. The van der Waals surface area contributed by atoms with Gasteiger partial charge in [0.15, 0.2) is 5.96 Å². The molecular weight excluding hydrogens is 174 g/mol. The Morgan fingerprint density at radius 3 is 2.50 bits per heavy atom. The standard InChI is InChI=1S/C8H15N3.ClH/c1-2-6-11(7-3-1)8-9-4-5-10-8;/h1-7H2,(H,9,10);1H. The predicted molar refractivity (Wildman–Crippen MR) is 53.0 cm³/mol. The van der Waals surface area contributed by atoms with E-state index in [2.05, 4.69) is 15.2 Å². The highest BCUT2D eigenvalue weighted by Gasteiger charge is 2.16. The van der Waals surface area contributed by atoms with E-state index >= 15 is 0 Å². The number of nitrogens with zero attached hydrogens (tertiary/aromatic N) is 2. The molecule has 2 aliphatic heterocycles. The summed E-state index contributed by atoms with van der Waals surface area (Å²) in [5.41, 5.74) is 0. The van der Waals surface area contributed by atoms with Crippen LogP contribution in [-0.2, 0) is 0 Å². The summed E-state index contributed by atoms with van der Waals surface area (Å²) in [7, 11) is 0. The van der Waals surface area contributed by atoms with Gasteiger partial charge in [-0.15, -0.1) is 12.4 Å². The van der Waals surface area contributed by atoms with E-state index in [1.807, 2.05) is 0 Å². The average Bonchev–Trinajstić information content (AvgIpc) is 2.58. The van der Waals surface area contributed by atoms with Gasteiger partial charge in [-0.3, -0.25) is 4.99 Å². The Morgan fingerprint density at radius 2 is 1.92 bits per heavy atom. The van der Waals surface area contributed by atoms with Crippen LogP contribution < -0.4 is 5.32 Å². The van der Waals surface area contributed by atoms with Crippen LogP contribution >= 0.6 is 12.4 Å². The molecule has 2 rings (SSSR count). The molecule has 0 unspecified atom stereocenters. The molecule has 1 N–H and O–H groups in total. The minimum Gasteiger partial charge on any atom is -0.354 e. The Kier molecular flexibility index (Phi) is 3.66. The fourth-order valence-corrected chi connectivity index (χ4v) is 1.70. The van der Waals surface area contributed by atoms with E-state index < -0.39 is 0 Å². The first-order valence-corrected chi connectivity index (χ1v) is 4.50. The van der Waals surface area contributed by atoms with Crippen LogP contribution in [0.25, 0.3) is 0 Å². The largest absolute Gasteiger partial charge is 0.354 e. The lowest BCUT2D eigenvalue weighted by Crippen LogP contribution is -2.41. The van der Waals surface area contributed by atoms with Crippen LogP contribution in [-0.4, -0.2) is 37.0 Å². The second kappa shape index (κ2) is 4.55. The molecule has 1 fully saturated rings. The zero-order valence-electron chi connectivity index (χ0n) is 7.25. The molecule has 0 aliphatic carbocycles. The maximum atomic E-state index is 4.39. The highest BCUT2D eigenvalue weighted by molar-refractivity contribution is 5.85. The smallest absolute Gasteiger partial charge is 0.194 e. The van der Waals surface area contributed by atoms with Crippen molar-refractivity contribution in [1.82, 2.24) is 10.2 Å². The first-order chi connectivity index (χ1) is 5.47. The minimum atomic E-state index is 0. The molecule has 1 saturated heterocycles. The molecule has 0 saturated carbocycles. The first-order valence-electron chi connectivity index (χ1n) is 4.50. The van der Waals surface area contributed by atoms with Crippen LogP contribution in [0.15, 0.2) is 4.99 Å². The van der Waals surface area contributed by atoms with E-state index in [-0.39, 0.29) is 12.4 Å². The first kappa shape index (κ1) is 9.65. The van der Waals surface area contributed by atoms with Crippen molar-refractivity contribution >= 4 is 18.4 Å². The number of nitrogens with one attached hydrogen (secondary N) is 1. The van der Waals surface area contributed by atoms with E-state index in [1.165, 1.54) is 32.4 Å². The van der Waals surface area contributed by atoms with E-state index in [0.29, 0.717) is 0 Å². The van der Waals surface area contributed by atoms with Crippen LogP contribution in [0.5, 0.6) is 0 Å². The van der Waals surface area contributed by atoms with Gasteiger partial charge in [0.1, 0.15) is 0 Å². The Labute approximate surface area is 79.6 Å². The molecule has 0 spiro atoms. The van der Waals surface area contributed by atoms with E-state index in [0.717, 1.165) is 19.0 Å². The van der Waals surface area contributed by atoms with Crippen molar-refractivity contribution in [2.45, 2.75) is 19.3 Å². The zero-order chi connectivity index (χ0) is 7.52. The molecule has 70 valence electrons. The van der Waals surface area contributed by atoms with E-state index in [1.54, 1.807) is 0 Å². The molecule has 0 aromatic carbocycles. The zero-order valence-corrected chi connectivity index (χ0v) is 8.07. The summed E-state index contributed by atoms with van der Waals surface area (Å²) >= 11 is 0. The third kappa shape index (κ3) is 2.03. The summed E-state index contributed by atoms with van der Waals surface area (Å²) < 4.78 is 0. The molecule has 3 nitrogen and oxygen atoms in total. The third-order valence-electron chi connectivity index (χ3n) is 2.31. The summed E-state index contributed by atoms with van der Waals surface area (Å²) in [6, 6.07) is 0. The number of guanidine groups is 1. The van der Waals surface area contributed by atoms with Crippen molar-refractivity contribution in [3.8, 4) is 0 Å². The summed E-state index contributed by atoms with van der Waals surface area (Å²) in [6.45, 7) is 4.40. The fraction of sp³-hybridized carbons (Fsp3) is 0.875. The van der Waals surface area contributed by atoms with Crippen LogP contribution in [0.2, 0.25) is 0 Å². The number of halogens is 1. The monoisotopic (exact) mass is 189 g/mol. The Bertz CT molecular complexity index is 164. The number of hydrogen-bond acceptors (Lipinski definition) is 3. The minimum absolute atomic E-state index is 0. The van der Waals surface area contributed by atoms with Gasteiger partial charge < -0.3 is 10.2 Å². The van der Waals surface area contributed by atoms with Crippen LogP contribution in [0.3, 0.4) is 0 Å². The fourth-order valence-electron chi connectivity index (χ4n) is 1.70. The van der Waals surface area contributed by atoms with Crippen LogP contribution in [0, 0.1) is 0 Å². The lowest BCUT2D eigenvalue weighted by molar-refractivity contribution is 0.335. The molecule has 0 radical (unpaired) electrons. The van der Waals surface area contributed by atoms with E-state index in [4.69, 9.17) is 0 Å². The van der Waals surface area contributed by atoms with Gasteiger partial charge in [-0.1, -0.05) is 0 Å². The summed E-state index contributed by atoms with van der Waals surface area (Å²) in [5.74, 6) is 1.14. The lowest BCUT2D eigenvalue weighted by atomic mass is 10.1. The van der Waals surface area contributed by atoms with Gasteiger partial charge in [0.25, 0.3) is 0 Å². The van der Waals surface area contributed by atoms with Crippen molar-refractivity contribution in [3.63, 3.8) is 0 Å². The van der Waals surface area contributed by atoms with Gasteiger partial charge in [0, 0.05) is 19.6 Å². The highest BCUT2D eigenvalue weighted by atomic mass is 35.5. The molecule has 2 aliphatic rings. The molecule has 12 heavy (non-hydrogen) atoms. The average molecular weight is 190 g/mol. The normalized spacial score (nSPS) is 22.7. The molecule has 0 aromatic rings. The number of hydrogen-bond donors (Lipinski definition) is 1. The summed E-state index contributed by atoms with van der Waals surface area (Å²) in [5, 5.41) is 3.30. The van der Waals surface area contributed by atoms with Gasteiger partial charge in [-0.25, -0.2) is 0 Å². The van der Waals surface area contributed by atoms with Gasteiger partial charge >= 0.3 is 0 Å². The quantitative estimate of drug-likeness (QED) is 0.612. The Balaban J connectivity index is 0.000000720. The molecule has 4 heteroatoms. The van der Waals surface area contributed by atoms with Gasteiger partial charge in [0.05, 0.1) is 6.54 Å². The predicted octanol–water partition coefficient (Wildman–Crippen LogP) is 0.853. The van der Waals surface area contributed by atoms with Gasteiger partial charge in [0.2, 0.25) is 0 Å². The second-order valence-corrected chi connectivity index (χ2v) is 3.18. The van der Waals surface area contributed by atoms with Crippen molar-refractivity contribution < 1.29 is 0 Å². The molecule has 2 heterocycles.